The predicted molar refractivity (Wildman–Crippen MR) is 97.8 cm³/mol. The van der Waals surface area contributed by atoms with Crippen LogP contribution in [0.15, 0.2) is 70.7 Å². The number of nitrogens with zero attached hydrogens (tertiary/aromatic N) is 3. The van der Waals surface area contributed by atoms with Gasteiger partial charge in [-0.1, -0.05) is 30.3 Å². The first-order chi connectivity index (χ1) is 12.4. The van der Waals surface area contributed by atoms with Gasteiger partial charge in [0.15, 0.2) is 5.76 Å². The topological polar surface area (TPSA) is 58.0 Å². The second-order valence-corrected chi connectivity index (χ2v) is 6.77. The van der Waals surface area contributed by atoms with Gasteiger partial charge in [0.2, 0.25) is 0 Å². The Kier molecular flexibility index (Phi) is 4.72. The molecule has 0 aliphatic heterocycles. The molecule has 0 spiro atoms. The minimum atomic E-state index is 0.725. The van der Waals surface area contributed by atoms with Crippen molar-refractivity contribution >= 4 is 11.3 Å². The molecule has 126 valence electrons. The maximum atomic E-state index is 5.99. The number of furan rings is 1. The molecule has 0 saturated carbocycles. The van der Waals surface area contributed by atoms with E-state index in [1.807, 2.05) is 35.8 Å². The van der Waals surface area contributed by atoms with Crippen molar-refractivity contribution in [2.24, 2.45) is 0 Å². The normalized spacial score (nSPS) is 11.2. The van der Waals surface area contributed by atoms with E-state index in [0.717, 1.165) is 41.9 Å². The van der Waals surface area contributed by atoms with E-state index < -0.39 is 0 Å². The van der Waals surface area contributed by atoms with Gasteiger partial charge < -0.3 is 4.42 Å². The van der Waals surface area contributed by atoms with Gasteiger partial charge in [-0.2, -0.15) is 5.10 Å². The monoisotopic (exact) mass is 350 g/mol. The molecule has 0 aliphatic carbocycles. The molecule has 0 amide bonds. The molecule has 6 heteroatoms. The molecule has 3 heterocycles. The lowest BCUT2D eigenvalue weighted by Crippen LogP contribution is -2.22. The molecular formula is C19H18N4OS. The van der Waals surface area contributed by atoms with Gasteiger partial charge in [0.1, 0.15) is 16.5 Å². The molecule has 0 atom stereocenters. The minimum Gasteiger partial charge on any atom is -0.458 e. The highest BCUT2D eigenvalue weighted by molar-refractivity contribution is 7.09. The van der Waals surface area contributed by atoms with Crippen molar-refractivity contribution in [3.8, 4) is 11.5 Å². The van der Waals surface area contributed by atoms with E-state index in [0.29, 0.717) is 0 Å². The average molecular weight is 350 g/mol. The van der Waals surface area contributed by atoms with Gasteiger partial charge in [-0.25, -0.2) is 4.98 Å². The number of hydrogen-bond acceptors (Lipinski definition) is 5. The first kappa shape index (κ1) is 15.8. The highest BCUT2D eigenvalue weighted by atomic mass is 32.1. The molecule has 1 N–H and O–H groups in total. The summed E-state index contributed by atoms with van der Waals surface area (Å²) in [4.78, 5) is 6.76. The number of thiazole rings is 1. The molecule has 0 fully saturated rings. The Morgan fingerprint density at radius 1 is 0.960 bits per heavy atom. The number of aromatic amines is 1. The summed E-state index contributed by atoms with van der Waals surface area (Å²) < 4.78 is 5.99. The summed E-state index contributed by atoms with van der Waals surface area (Å²) >= 11 is 1.68. The summed E-state index contributed by atoms with van der Waals surface area (Å²) in [6.07, 6.45) is 3.58. The fourth-order valence-corrected chi connectivity index (χ4v) is 3.41. The highest BCUT2D eigenvalue weighted by Crippen LogP contribution is 2.22. The lowest BCUT2D eigenvalue weighted by atomic mass is 10.2. The van der Waals surface area contributed by atoms with Crippen LogP contribution in [0.25, 0.3) is 11.5 Å². The number of benzene rings is 1. The molecule has 0 radical (unpaired) electrons. The van der Waals surface area contributed by atoms with Gasteiger partial charge in [-0.3, -0.25) is 10.00 Å². The number of nitrogens with one attached hydrogen (secondary N) is 1. The molecule has 0 unspecified atom stereocenters. The zero-order valence-electron chi connectivity index (χ0n) is 13.6. The third-order valence-electron chi connectivity index (χ3n) is 3.90. The maximum Gasteiger partial charge on any atom is 0.152 e. The minimum absolute atomic E-state index is 0.725. The Morgan fingerprint density at radius 3 is 2.64 bits per heavy atom. The molecule has 3 aromatic heterocycles. The lowest BCUT2D eigenvalue weighted by Gasteiger charge is -2.20. The third kappa shape index (κ3) is 4.04. The second kappa shape index (κ2) is 7.46. The molecule has 0 aliphatic rings. The van der Waals surface area contributed by atoms with Crippen LogP contribution in [0.4, 0.5) is 0 Å². The Labute approximate surface area is 150 Å². The zero-order chi connectivity index (χ0) is 16.9. The van der Waals surface area contributed by atoms with Crippen LogP contribution in [0.1, 0.15) is 16.3 Å². The first-order valence-corrected chi connectivity index (χ1v) is 8.98. The fourth-order valence-electron chi connectivity index (χ4n) is 2.75. The van der Waals surface area contributed by atoms with Crippen LogP contribution in [0.5, 0.6) is 0 Å². The van der Waals surface area contributed by atoms with Crippen LogP contribution in [-0.2, 0) is 19.6 Å². The van der Waals surface area contributed by atoms with Crippen molar-refractivity contribution in [3.05, 3.63) is 82.6 Å². The second-order valence-electron chi connectivity index (χ2n) is 5.79. The third-order valence-corrected chi connectivity index (χ3v) is 4.66. The number of aromatic nitrogens is 3. The van der Waals surface area contributed by atoms with Crippen molar-refractivity contribution in [2.45, 2.75) is 19.6 Å². The van der Waals surface area contributed by atoms with Crippen molar-refractivity contribution < 1.29 is 4.42 Å². The Morgan fingerprint density at radius 2 is 1.88 bits per heavy atom. The molecular weight excluding hydrogens is 332 g/mol. The summed E-state index contributed by atoms with van der Waals surface area (Å²) in [6, 6.07) is 16.4. The summed E-state index contributed by atoms with van der Waals surface area (Å²) in [7, 11) is 0. The standard InChI is InChI=1S/C19H18N4OS/c1-2-4-15(5-3-1)12-23(14-19-20-10-11-25-19)13-16-6-7-18(24-16)17-8-9-21-22-17/h1-11H,12-14H2,(H,21,22). The van der Waals surface area contributed by atoms with Gasteiger partial charge in [-0.05, 0) is 23.8 Å². The number of rotatable bonds is 7. The number of H-pyrrole nitrogens is 1. The molecule has 0 bridgehead atoms. The predicted octanol–water partition coefficient (Wildman–Crippen LogP) is 4.33. The summed E-state index contributed by atoms with van der Waals surface area (Å²) in [5.74, 6) is 1.73. The quantitative estimate of drug-likeness (QED) is 0.539. The Hall–Kier alpha value is -2.70. The summed E-state index contributed by atoms with van der Waals surface area (Å²) in [5.41, 5.74) is 2.17. The number of hydrogen-bond donors (Lipinski definition) is 1. The van der Waals surface area contributed by atoms with Crippen LogP contribution >= 0.6 is 11.3 Å². The van der Waals surface area contributed by atoms with Crippen LogP contribution in [0, 0.1) is 0 Å². The first-order valence-electron chi connectivity index (χ1n) is 8.10. The van der Waals surface area contributed by atoms with Gasteiger partial charge in [0.05, 0.1) is 13.1 Å². The molecule has 1 aromatic carbocycles. The van der Waals surface area contributed by atoms with Crippen LogP contribution in [0.2, 0.25) is 0 Å². The average Bonchev–Trinajstić information content (AvgIpc) is 3.38. The van der Waals surface area contributed by atoms with E-state index in [-0.39, 0.29) is 0 Å². The largest absolute Gasteiger partial charge is 0.458 e. The zero-order valence-corrected chi connectivity index (χ0v) is 14.4. The van der Waals surface area contributed by atoms with E-state index in [1.54, 1.807) is 17.5 Å². The van der Waals surface area contributed by atoms with Crippen molar-refractivity contribution in [1.82, 2.24) is 20.1 Å². The van der Waals surface area contributed by atoms with Crippen LogP contribution in [-0.4, -0.2) is 20.1 Å². The fraction of sp³-hybridized carbons (Fsp3) is 0.158. The summed E-state index contributed by atoms with van der Waals surface area (Å²) in [6.45, 7) is 2.37. The van der Waals surface area contributed by atoms with E-state index in [4.69, 9.17) is 4.42 Å². The SMILES string of the molecule is c1ccc(CN(Cc2ccc(-c3ccn[nH]3)o2)Cc2nccs2)cc1. The van der Waals surface area contributed by atoms with Crippen molar-refractivity contribution in [1.29, 1.82) is 0 Å². The molecule has 4 rings (SSSR count). The van der Waals surface area contributed by atoms with Gasteiger partial charge in [0, 0.05) is 24.3 Å². The van der Waals surface area contributed by atoms with Gasteiger partial charge in [-0.15, -0.1) is 11.3 Å². The summed E-state index contributed by atoms with van der Waals surface area (Å²) in [5, 5.41) is 10.0. The van der Waals surface area contributed by atoms with E-state index in [1.165, 1.54) is 5.56 Å². The van der Waals surface area contributed by atoms with E-state index >= 15 is 0 Å². The highest BCUT2D eigenvalue weighted by Gasteiger charge is 2.13. The molecule has 4 aromatic rings. The van der Waals surface area contributed by atoms with Crippen LogP contribution < -0.4 is 0 Å². The Bertz CT molecular complexity index is 885. The van der Waals surface area contributed by atoms with Gasteiger partial charge in [0.25, 0.3) is 0 Å². The molecule has 0 saturated heterocycles. The van der Waals surface area contributed by atoms with Crippen molar-refractivity contribution in [2.75, 3.05) is 0 Å². The van der Waals surface area contributed by atoms with Crippen molar-refractivity contribution in [3.63, 3.8) is 0 Å². The lowest BCUT2D eigenvalue weighted by molar-refractivity contribution is 0.227. The van der Waals surface area contributed by atoms with Crippen LogP contribution in [0.3, 0.4) is 0 Å². The molecule has 25 heavy (non-hydrogen) atoms. The van der Waals surface area contributed by atoms with E-state index in [2.05, 4.69) is 44.3 Å². The maximum absolute atomic E-state index is 5.99. The smallest absolute Gasteiger partial charge is 0.152 e. The van der Waals surface area contributed by atoms with Gasteiger partial charge >= 0.3 is 0 Å². The molecule has 5 nitrogen and oxygen atoms in total. The Balaban J connectivity index is 1.51. The van der Waals surface area contributed by atoms with E-state index in [9.17, 15) is 0 Å².